The first-order valence-corrected chi connectivity index (χ1v) is 5.67. The van der Waals surface area contributed by atoms with Crippen LogP contribution in [0.2, 0.25) is 0 Å². The van der Waals surface area contributed by atoms with Crippen molar-refractivity contribution in [1.82, 2.24) is 5.32 Å². The molecule has 0 atom stereocenters. The summed E-state index contributed by atoms with van der Waals surface area (Å²) in [4.78, 5) is 0. The summed E-state index contributed by atoms with van der Waals surface area (Å²) in [7, 11) is 0. The van der Waals surface area contributed by atoms with Gasteiger partial charge in [-0.05, 0) is 20.3 Å². The molecule has 0 unspecified atom stereocenters. The molecule has 0 spiro atoms. The van der Waals surface area contributed by atoms with E-state index in [4.69, 9.17) is 5.11 Å². The van der Waals surface area contributed by atoms with E-state index in [1.165, 1.54) is 12.1 Å². The minimum Gasteiger partial charge on any atom is -0.396 e. The van der Waals surface area contributed by atoms with Crippen molar-refractivity contribution in [2.75, 3.05) is 13.2 Å². The van der Waals surface area contributed by atoms with Crippen LogP contribution in [-0.4, -0.2) is 23.8 Å². The molecular weight excluding hydrogens is 224 g/mol. The summed E-state index contributed by atoms with van der Waals surface area (Å²) >= 11 is 0. The van der Waals surface area contributed by atoms with Gasteiger partial charge in [0.15, 0.2) is 0 Å². The summed E-state index contributed by atoms with van der Waals surface area (Å²) in [6, 6.07) is 7.74. The van der Waals surface area contributed by atoms with Gasteiger partial charge < -0.3 is 10.4 Å². The van der Waals surface area contributed by atoms with E-state index in [1.807, 2.05) is 0 Å². The fourth-order valence-electron chi connectivity index (χ4n) is 1.50. The van der Waals surface area contributed by atoms with Crippen LogP contribution in [0.15, 0.2) is 30.3 Å². The van der Waals surface area contributed by atoms with Crippen molar-refractivity contribution in [3.05, 3.63) is 35.9 Å². The second-order valence-electron chi connectivity index (χ2n) is 4.78. The van der Waals surface area contributed by atoms with Gasteiger partial charge in [-0.3, -0.25) is 0 Å². The number of rotatable bonds is 6. The third-order valence-corrected chi connectivity index (χ3v) is 2.72. The van der Waals surface area contributed by atoms with E-state index in [1.54, 1.807) is 32.0 Å². The van der Waals surface area contributed by atoms with E-state index < -0.39 is 18.0 Å². The molecule has 0 aliphatic rings. The number of hydrogen-bond donors (Lipinski definition) is 2. The number of halogens is 2. The Labute approximate surface area is 101 Å². The summed E-state index contributed by atoms with van der Waals surface area (Å²) in [5, 5.41) is 11.6. The number of hydrogen-bond acceptors (Lipinski definition) is 2. The molecule has 96 valence electrons. The molecule has 17 heavy (non-hydrogen) atoms. The lowest BCUT2D eigenvalue weighted by Gasteiger charge is -2.28. The van der Waals surface area contributed by atoms with E-state index in [-0.39, 0.29) is 12.2 Å². The molecule has 4 heteroatoms. The highest BCUT2D eigenvalue weighted by molar-refractivity contribution is 5.20. The normalized spacial score (nSPS) is 12.8. The van der Waals surface area contributed by atoms with Crippen LogP contribution in [0.5, 0.6) is 0 Å². The Morgan fingerprint density at radius 1 is 1.18 bits per heavy atom. The summed E-state index contributed by atoms with van der Waals surface area (Å²) in [6.45, 7) is 3.15. The first kappa shape index (κ1) is 14.1. The quantitative estimate of drug-likeness (QED) is 0.804. The van der Waals surface area contributed by atoms with Gasteiger partial charge in [-0.2, -0.15) is 8.78 Å². The van der Waals surface area contributed by atoms with Crippen LogP contribution in [-0.2, 0) is 5.92 Å². The zero-order chi connectivity index (χ0) is 12.9. The van der Waals surface area contributed by atoms with Crippen LogP contribution in [0, 0.1) is 0 Å². The third-order valence-electron chi connectivity index (χ3n) is 2.72. The van der Waals surface area contributed by atoms with E-state index >= 15 is 0 Å². The standard InChI is InChI=1S/C13H19F2NO/c1-12(2,8-9-17)16-10-13(14,15)11-6-4-3-5-7-11/h3-7,16-17H,8-10H2,1-2H3. The topological polar surface area (TPSA) is 32.3 Å². The van der Waals surface area contributed by atoms with Gasteiger partial charge in [0.1, 0.15) is 0 Å². The molecule has 1 rings (SSSR count). The molecule has 0 aliphatic heterocycles. The fourth-order valence-corrected chi connectivity index (χ4v) is 1.50. The first-order chi connectivity index (χ1) is 7.87. The van der Waals surface area contributed by atoms with Gasteiger partial charge in [-0.15, -0.1) is 0 Å². The number of aliphatic hydroxyl groups excluding tert-OH is 1. The van der Waals surface area contributed by atoms with Crippen molar-refractivity contribution in [2.45, 2.75) is 31.7 Å². The summed E-state index contributed by atoms with van der Waals surface area (Å²) < 4.78 is 27.6. The Kier molecular flexibility index (Phi) is 4.60. The second kappa shape index (κ2) is 5.56. The maximum Gasteiger partial charge on any atom is 0.285 e. The van der Waals surface area contributed by atoms with Gasteiger partial charge in [0.25, 0.3) is 5.92 Å². The molecule has 0 saturated heterocycles. The third kappa shape index (κ3) is 4.40. The highest BCUT2D eigenvalue weighted by Crippen LogP contribution is 2.27. The van der Waals surface area contributed by atoms with Crippen molar-refractivity contribution in [3.8, 4) is 0 Å². The van der Waals surface area contributed by atoms with Gasteiger partial charge in [0, 0.05) is 17.7 Å². The molecule has 2 N–H and O–H groups in total. The van der Waals surface area contributed by atoms with Crippen molar-refractivity contribution >= 4 is 0 Å². The number of nitrogens with one attached hydrogen (secondary N) is 1. The number of alkyl halides is 2. The Morgan fingerprint density at radius 2 is 1.76 bits per heavy atom. The molecule has 0 aromatic heterocycles. The van der Waals surface area contributed by atoms with Gasteiger partial charge in [0.05, 0.1) is 6.54 Å². The highest BCUT2D eigenvalue weighted by atomic mass is 19.3. The van der Waals surface area contributed by atoms with E-state index in [0.29, 0.717) is 6.42 Å². The van der Waals surface area contributed by atoms with E-state index in [9.17, 15) is 8.78 Å². The molecule has 1 aromatic rings. The summed E-state index contributed by atoms with van der Waals surface area (Å²) in [5.74, 6) is -2.89. The molecule has 0 aliphatic carbocycles. The molecule has 0 amide bonds. The molecule has 0 heterocycles. The SMILES string of the molecule is CC(C)(CCO)NCC(F)(F)c1ccccc1. The lowest BCUT2D eigenvalue weighted by atomic mass is 10.00. The smallest absolute Gasteiger partial charge is 0.285 e. The zero-order valence-electron chi connectivity index (χ0n) is 10.2. The number of aliphatic hydroxyl groups is 1. The predicted molar refractivity (Wildman–Crippen MR) is 64.1 cm³/mol. The van der Waals surface area contributed by atoms with Crippen LogP contribution >= 0.6 is 0 Å². The van der Waals surface area contributed by atoms with Crippen LogP contribution in [0.3, 0.4) is 0 Å². The average molecular weight is 243 g/mol. The van der Waals surface area contributed by atoms with Crippen LogP contribution in [0.25, 0.3) is 0 Å². The Balaban J connectivity index is 2.62. The predicted octanol–water partition coefficient (Wildman–Crippen LogP) is 2.53. The molecular formula is C13H19F2NO. The lowest BCUT2D eigenvalue weighted by molar-refractivity contribution is -0.0106. The van der Waals surface area contributed by atoms with Crippen molar-refractivity contribution in [1.29, 1.82) is 0 Å². The van der Waals surface area contributed by atoms with Crippen LogP contribution in [0.4, 0.5) is 8.78 Å². The average Bonchev–Trinajstić information content (AvgIpc) is 2.28. The maximum atomic E-state index is 13.8. The molecule has 0 bridgehead atoms. The van der Waals surface area contributed by atoms with Crippen molar-refractivity contribution < 1.29 is 13.9 Å². The zero-order valence-corrected chi connectivity index (χ0v) is 10.2. The summed E-state index contributed by atoms with van der Waals surface area (Å²) in [5.41, 5.74) is -0.486. The monoisotopic (exact) mass is 243 g/mol. The van der Waals surface area contributed by atoms with Gasteiger partial charge in [-0.1, -0.05) is 30.3 Å². The van der Waals surface area contributed by atoms with Crippen molar-refractivity contribution in [2.24, 2.45) is 0 Å². The van der Waals surface area contributed by atoms with Crippen molar-refractivity contribution in [3.63, 3.8) is 0 Å². The fraction of sp³-hybridized carbons (Fsp3) is 0.538. The minimum atomic E-state index is -2.89. The Bertz CT molecular complexity index is 339. The number of benzene rings is 1. The van der Waals surface area contributed by atoms with E-state index in [2.05, 4.69) is 5.32 Å². The Morgan fingerprint density at radius 3 is 2.29 bits per heavy atom. The molecule has 0 fully saturated rings. The van der Waals surface area contributed by atoms with Crippen LogP contribution < -0.4 is 5.32 Å². The molecule has 1 aromatic carbocycles. The maximum absolute atomic E-state index is 13.8. The first-order valence-electron chi connectivity index (χ1n) is 5.67. The van der Waals surface area contributed by atoms with Crippen LogP contribution in [0.1, 0.15) is 25.8 Å². The highest BCUT2D eigenvalue weighted by Gasteiger charge is 2.33. The van der Waals surface area contributed by atoms with Gasteiger partial charge in [-0.25, -0.2) is 0 Å². The second-order valence-corrected chi connectivity index (χ2v) is 4.78. The largest absolute Gasteiger partial charge is 0.396 e. The van der Waals surface area contributed by atoms with E-state index in [0.717, 1.165) is 0 Å². The van der Waals surface area contributed by atoms with Gasteiger partial charge in [0.2, 0.25) is 0 Å². The molecule has 0 saturated carbocycles. The Hall–Kier alpha value is -1.00. The minimum absolute atomic E-state index is 0.00676. The lowest BCUT2D eigenvalue weighted by Crippen LogP contribution is -2.45. The summed E-state index contributed by atoms with van der Waals surface area (Å²) in [6.07, 6.45) is 0.442. The molecule has 2 nitrogen and oxygen atoms in total. The molecule has 0 radical (unpaired) electrons. The van der Waals surface area contributed by atoms with Gasteiger partial charge >= 0.3 is 0 Å².